The Morgan fingerprint density at radius 3 is 2.74 bits per heavy atom. The van der Waals surface area contributed by atoms with Crippen molar-refractivity contribution in [3.8, 4) is 0 Å². The van der Waals surface area contributed by atoms with Crippen molar-refractivity contribution in [2.24, 2.45) is 11.8 Å². The number of hydrogen-bond acceptors (Lipinski definition) is 2. The fourth-order valence-electron chi connectivity index (χ4n) is 3.09. The molecule has 2 nitrogen and oxygen atoms in total. The Bertz CT molecular complexity index is 329. The zero-order valence-corrected chi connectivity index (χ0v) is 13.6. The maximum Gasteiger partial charge on any atom is 0.145 e. The summed E-state index contributed by atoms with van der Waals surface area (Å²) in [6, 6.07) is 5.43. The van der Waals surface area contributed by atoms with Gasteiger partial charge in [0.2, 0.25) is 0 Å². The molecule has 1 heterocycles. The molecule has 1 atom stereocenters. The Labute approximate surface area is 119 Å². The van der Waals surface area contributed by atoms with Crippen LogP contribution in [0.4, 0.5) is 0 Å². The second-order valence-electron chi connectivity index (χ2n) is 6.38. The van der Waals surface area contributed by atoms with E-state index in [1.807, 2.05) is 6.07 Å². The van der Waals surface area contributed by atoms with Crippen LogP contribution in [0.1, 0.15) is 46.0 Å². The smallest absolute Gasteiger partial charge is 0.145 e. The normalized spacial score (nSPS) is 18.9. The molecule has 0 bridgehead atoms. The van der Waals surface area contributed by atoms with Crippen LogP contribution in [0.15, 0.2) is 22.8 Å². The number of hydrogen-bond donors (Lipinski definition) is 0. The highest BCUT2D eigenvalue weighted by Gasteiger charge is 2.20. The van der Waals surface area contributed by atoms with Crippen LogP contribution in [0.25, 0.3) is 0 Å². The molecular formula is C16H28O2Si. The van der Waals surface area contributed by atoms with Crippen molar-refractivity contribution in [2.45, 2.75) is 52.0 Å². The molecule has 19 heavy (non-hydrogen) atoms. The van der Waals surface area contributed by atoms with E-state index in [2.05, 4.69) is 19.9 Å². The van der Waals surface area contributed by atoms with Crippen LogP contribution >= 0.6 is 0 Å². The first-order valence-electron chi connectivity index (χ1n) is 7.87. The fourth-order valence-corrected chi connectivity index (χ4v) is 5.84. The Kier molecular flexibility index (Phi) is 6.18. The minimum atomic E-state index is -1.06. The van der Waals surface area contributed by atoms with Crippen LogP contribution in [0.3, 0.4) is 0 Å². The quantitative estimate of drug-likeness (QED) is 0.713. The predicted octanol–water partition coefficient (Wildman–Crippen LogP) is 3.51. The third-order valence-corrected chi connectivity index (χ3v) is 7.38. The molecule has 1 aliphatic rings. The first kappa shape index (κ1) is 14.9. The highest BCUT2D eigenvalue weighted by Crippen LogP contribution is 2.23. The van der Waals surface area contributed by atoms with E-state index < -0.39 is 8.80 Å². The summed E-state index contributed by atoms with van der Waals surface area (Å²) < 4.78 is 11.7. The molecule has 1 saturated carbocycles. The largest absolute Gasteiger partial charge is 0.475 e. The molecule has 0 amide bonds. The summed E-state index contributed by atoms with van der Waals surface area (Å²) in [6.07, 6.45) is 9.72. The Morgan fingerprint density at radius 1 is 1.32 bits per heavy atom. The molecule has 1 fully saturated rings. The van der Waals surface area contributed by atoms with Crippen LogP contribution in [0.2, 0.25) is 6.04 Å². The van der Waals surface area contributed by atoms with Crippen LogP contribution < -0.4 is 5.38 Å². The van der Waals surface area contributed by atoms with Gasteiger partial charge in [-0.1, -0.05) is 33.1 Å². The third kappa shape index (κ3) is 5.15. The van der Waals surface area contributed by atoms with Gasteiger partial charge < -0.3 is 9.15 Å². The van der Waals surface area contributed by atoms with Gasteiger partial charge in [0.25, 0.3) is 0 Å². The van der Waals surface area contributed by atoms with E-state index in [0.717, 1.165) is 24.7 Å². The monoisotopic (exact) mass is 280 g/mol. The molecule has 2 rings (SSSR count). The van der Waals surface area contributed by atoms with Crippen LogP contribution in [0, 0.1) is 11.8 Å². The number of rotatable bonds is 7. The summed E-state index contributed by atoms with van der Waals surface area (Å²) >= 11 is 0. The average Bonchev–Trinajstić information content (AvgIpc) is 2.92. The zero-order valence-electron chi connectivity index (χ0n) is 12.4. The van der Waals surface area contributed by atoms with E-state index in [0.29, 0.717) is 0 Å². The first-order chi connectivity index (χ1) is 9.25. The molecule has 3 heteroatoms. The molecule has 1 aliphatic carbocycles. The van der Waals surface area contributed by atoms with Gasteiger partial charge in [-0.05, 0) is 42.9 Å². The van der Waals surface area contributed by atoms with E-state index in [4.69, 9.17) is 9.15 Å². The lowest BCUT2D eigenvalue weighted by atomic mass is 9.90. The molecule has 0 radical (unpaired) electrons. The van der Waals surface area contributed by atoms with E-state index in [9.17, 15) is 0 Å². The van der Waals surface area contributed by atoms with Gasteiger partial charge >= 0.3 is 0 Å². The van der Waals surface area contributed by atoms with Crippen molar-refractivity contribution < 1.29 is 9.15 Å². The van der Waals surface area contributed by atoms with E-state index in [1.165, 1.54) is 43.5 Å². The second kappa shape index (κ2) is 7.90. The van der Waals surface area contributed by atoms with Crippen LogP contribution in [0.5, 0.6) is 0 Å². The third-order valence-electron chi connectivity index (χ3n) is 4.10. The van der Waals surface area contributed by atoms with E-state index >= 15 is 0 Å². The van der Waals surface area contributed by atoms with Crippen LogP contribution in [-0.4, -0.2) is 21.6 Å². The predicted molar refractivity (Wildman–Crippen MR) is 82.5 cm³/mol. The molecule has 1 aromatic heterocycles. The van der Waals surface area contributed by atoms with Gasteiger partial charge in [-0.25, -0.2) is 0 Å². The minimum Gasteiger partial charge on any atom is -0.475 e. The standard InChI is InChI=1S/C16H28O2Si/c1-14(2)12-19(16-9-6-10-18-16)13-17-11-15-7-4-3-5-8-15/h6,9-10,14-15,19H,3-5,7-8,11-13H2,1-2H3. The molecule has 0 aromatic carbocycles. The van der Waals surface area contributed by atoms with Crippen molar-refractivity contribution in [1.82, 2.24) is 0 Å². The summed E-state index contributed by atoms with van der Waals surface area (Å²) in [6.45, 7) is 5.57. The van der Waals surface area contributed by atoms with E-state index in [-0.39, 0.29) is 0 Å². The SMILES string of the molecule is CC(C)C[SiH](COCC1CCCCC1)c1ccco1. The minimum absolute atomic E-state index is 0.736. The van der Waals surface area contributed by atoms with Gasteiger partial charge in [0.05, 0.1) is 11.6 Å². The maximum absolute atomic E-state index is 6.06. The average molecular weight is 280 g/mol. The lowest BCUT2D eigenvalue weighted by Gasteiger charge is -2.22. The second-order valence-corrected chi connectivity index (χ2v) is 9.15. The lowest BCUT2D eigenvalue weighted by Crippen LogP contribution is -2.36. The van der Waals surface area contributed by atoms with Crippen molar-refractivity contribution in [2.75, 3.05) is 12.8 Å². The van der Waals surface area contributed by atoms with Gasteiger partial charge in [-0.3, -0.25) is 0 Å². The van der Waals surface area contributed by atoms with Gasteiger partial charge in [0.1, 0.15) is 8.80 Å². The molecule has 108 valence electrons. The lowest BCUT2D eigenvalue weighted by molar-refractivity contribution is 0.114. The van der Waals surface area contributed by atoms with Gasteiger partial charge in [-0.15, -0.1) is 0 Å². The first-order valence-corrected chi connectivity index (χ1v) is 10.1. The Balaban J connectivity index is 1.76. The maximum atomic E-state index is 6.06. The van der Waals surface area contributed by atoms with Crippen molar-refractivity contribution in [1.29, 1.82) is 0 Å². The van der Waals surface area contributed by atoms with Crippen molar-refractivity contribution in [3.63, 3.8) is 0 Å². The molecule has 1 aromatic rings. The highest BCUT2D eigenvalue weighted by atomic mass is 28.3. The molecule has 0 N–H and O–H groups in total. The topological polar surface area (TPSA) is 22.4 Å². The summed E-state index contributed by atoms with van der Waals surface area (Å²) in [7, 11) is -1.06. The zero-order chi connectivity index (χ0) is 13.5. The summed E-state index contributed by atoms with van der Waals surface area (Å²) in [5.41, 5.74) is 0. The number of furan rings is 1. The van der Waals surface area contributed by atoms with Gasteiger partial charge in [0.15, 0.2) is 0 Å². The molecule has 0 saturated heterocycles. The summed E-state index contributed by atoms with van der Waals surface area (Å²) in [5.74, 6) is 1.55. The highest BCUT2D eigenvalue weighted by molar-refractivity contribution is 6.72. The van der Waals surface area contributed by atoms with Crippen molar-refractivity contribution >= 4 is 14.2 Å². The molecular weight excluding hydrogens is 252 g/mol. The molecule has 1 unspecified atom stereocenters. The van der Waals surface area contributed by atoms with Crippen molar-refractivity contribution in [3.05, 3.63) is 18.4 Å². The van der Waals surface area contributed by atoms with E-state index in [1.54, 1.807) is 6.26 Å². The van der Waals surface area contributed by atoms with Gasteiger partial charge in [0, 0.05) is 12.8 Å². The van der Waals surface area contributed by atoms with Gasteiger partial charge in [-0.2, -0.15) is 0 Å². The molecule has 0 aliphatic heterocycles. The van der Waals surface area contributed by atoms with Crippen LogP contribution in [-0.2, 0) is 4.74 Å². The fraction of sp³-hybridized carbons (Fsp3) is 0.750. The molecule has 0 spiro atoms. The summed E-state index contributed by atoms with van der Waals surface area (Å²) in [4.78, 5) is 0. The Morgan fingerprint density at radius 2 is 2.11 bits per heavy atom. The Hall–Kier alpha value is -0.543. The summed E-state index contributed by atoms with van der Waals surface area (Å²) in [5, 5.41) is 1.22. The number of ether oxygens (including phenoxy) is 1.